The molecular weight excluding hydrogens is 338 g/mol. The van der Waals surface area contributed by atoms with Crippen molar-refractivity contribution >= 4 is 34.1 Å². The molecule has 0 atom stereocenters. The summed E-state index contributed by atoms with van der Waals surface area (Å²) < 4.78 is 1.62. The van der Waals surface area contributed by atoms with Crippen LogP contribution in [0.4, 0.5) is 5.69 Å². The molecule has 0 aliphatic carbocycles. The van der Waals surface area contributed by atoms with E-state index >= 15 is 0 Å². The van der Waals surface area contributed by atoms with Crippen LogP contribution in [0, 0.1) is 6.92 Å². The number of fused-ring (bicyclic) bond motifs is 1. The largest absolute Gasteiger partial charge is 0.326 e. The third kappa shape index (κ3) is 3.72. The van der Waals surface area contributed by atoms with E-state index in [1.54, 1.807) is 41.8 Å². The predicted octanol–water partition coefficient (Wildman–Crippen LogP) is 3.76. The van der Waals surface area contributed by atoms with Crippen LogP contribution >= 0.6 is 11.6 Å². The average Bonchev–Trinajstić information content (AvgIpc) is 2.60. The molecule has 1 heterocycles. The van der Waals surface area contributed by atoms with Gasteiger partial charge in [-0.3, -0.25) is 14.2 Å². The molecule has 0 spiro atoms. The molecule has 128 valence electrons. The Morgan fingerprint density at radius 1 is 1.20 bits per heavy atom. The standard InChI is InChI=1S/C19H18ClN3O2/c1-3-18(24)22-15-8-9-17-16(10-15)19(25)23(12(2)21-17)11-13-4-6-14(20)7-5-13/h4-10H,3,11H2,1-2H3,(H,22,24). The van der Waals surface area contributed by atoms with Gasteiger partial charge in [-0.15, -0.1) is 0 Å². The van der Waals surface area contributed by atoms with E-state index in [2.05, 4.69) is 10.3 Å². The van der Waals surface area contributed by atoms with Crippen molar-refractivity contribution < 1.29 is 4.79 Å². The van der Waals surface area contributed by atoms with Gasteiger partial charge in [0.05, 0.1) is 17.4 Å². The molecule has 1 N–H and O–H groups in total. The van der Waals surface area contributed by atoms with Gasteiger partial charge in [0.15, 0.2) is 0 Å². The second-order valence-electron chi connectivity index (χ2n) is 5.81. The van der Waals surface area contributed by atoms with Gasteiger partial charge >= 0.3 is 0 Å². The van der Waals surface area contributed by atoms with E-state index in [1.807, 2.05) is 19.1 Å². The van der Waals surface area contributed by atoms with Gasteiger partial charge in [-0.2, -0.15) is 0 Å². The zero-order valence-electron chi connectivity index (χ0n) is 14.0. The number of hydrogen-bond donors (Lipinski definition) is 1. The van der Waals surface area contributed by atoms with E-state index in [1.165, 1.54) is 0 Å². The number of hydrogen-bond acceptors (Lipinski definition) is 3. The van der Waals surface area contributed by atoms with E-state index < -0.39 is 0 Å². The number of carbonyl (C=O) groups is 1. The normalized spacial score (nSPS) is 10.8. The summed E-state index contributed by atoms with van der Waals surface area (Å²) in [6.07, 6.45) is 0.380. The smallest absolute Gasteiger partial charge is 0.261 e. The molecule has 5 nitrogen and oxygen atoms in total. The molecule has 0 saturated heterocycles. The summed E-state index contributed by atoms with van der Waals surface area (Å²) in [4.78, 5) is 29.0. The molecule has 0 unspecified atom stereocenters. The number of amides is 1. The van der Waals surface area contributed by atoms with Gasteiger partial charge in [0, 0.05) is 17.1 Å². The van der Waals surface area contributed by atoms with Crippen molar-refractivity contribution in [1.29, 1.82) is 0 Å². The lowest BCUT2D eigenvalue weighted by Crippen LogP contribution is -2.24. The summed E-state index contributed by atoms with van der Waals surface area (Å²) in [5.74, 6) is 0.540. The number of anilines is 1. The first kappa shape index (κ1) is 17.2. The number of carbonyl (C=O) groups excluding carboxylic acids is 1. The fourth-order valence-electron chi connectivity index (χ4n) is 2.62. The topological polar surface area (TPSA) is 64.0 Å². The van der Waals surface area contributed by atoms with E-state index in [0.29, 0.717) is 40.4 Å². The van der Waals surface area contributed by atoms with Crippen molar-refractivity contribution in [2.45, 2.75) is 26.8 Å². The van der Waals surface area contributed by atoms with Crippen molar-refractivity contribution in [1.82, 2.24) is 9.55 Å². The van der Waals surface area contributed by atoms with Gasteiger partial charge in [0.2, 0.25) is 5.91 Å². The Kier molecular flexibility index (Phi) is 4.86. The van der Waals surface area contributed by atoms with Gasteiger partial charge in [0.25, 0.3) is 5.56 Å². The molecule has 0 radical (unpaired) electrons. The highest BCUT2D eigenvalue weighted by Crippen LogP contribution is 2.17. The summed E-state index contributed by atoms with van der Waals surface area (Å²) in [7, 11) is 0. The number of aromatic nitrogens is 2. The first-order valence-corrected chi connectivity index (χ1v) is 8.41. The van der Waals surface area contributed by atoms with Crippen molar-refractivity contribution in [2.24, 2.45) is 0 Å². The van der Waals surface area contributed by atoms with Gasteiger partial charge < -0.3 is 5.32 Å². The number of nitrogens with one attached hydrogen (secondary N) is 1. The summed E-state index contributed by atoms with van der Waals surface area (Å²) in [5.41, 5.74) is 2.04. The maximum atomic E-state index is 12.9. The van der Waals surface area contributed by atoms with E-state index in [4.69, 9.17) is 11.6 Å². The molecule has 1 amide bonds. The molecule has 6 heteroatoms. The Bertz CT molecular complexity index is 994. The van der Waals surface area contributed by atoms with E-state index in [9.17, 15) is 9.59 Å². The third-order valence-electron chi connectivity index (χ3n) is 4.00. The van der Waals surface area contributed by atoms with Crippen LogP contribution in [0.15, 0.2) is 47.3 Å². The lowest BCUT2D eigenvalue weighted by Gasteiger charge is -2.12. The van der Waals surface area contributed by atoms with Crippen LogP contribution in [-0.4, -0.2) is 15.5 Å². The highest BCUT2D eigenvalue weighted by Gasteiger charge is 2.10. The zero-order chi connectivity index (χ0) is 18.0. The SMILES string of the molecule is CCC(=O)Nc1ccc2nc(C)n(Cc3ccc(Cl)cc3)c(=O)c2c1. The summed E-state index contributed by atoms with van der Waals surface area (Å²) in [5, 5.41) is 3.90. The molecule has 0 saturated carbocycles. The zero-order valence-corrected chi connectivity index (χ0v) is 14.8. The molecule has 1 aromatic heterocycles. The van der Waals surface area contributed by atoms with Crippen molar-refractivity contribution in [3.63, 3.8) is 0 Å². The van der Waals surface area contributed by atoms with Crippen LogP contribution in [0.1, 0.15) is 24.7 Å². The number of benzene rings is 2. The van der Waals surface area contributed by atoms with Gasteiger partial charge in [0.1, 0.15) is 5.82 Å². The summed E-state index contributed by atoms with van der Waals surface area (Å²) >= 11 is 5.91. The highest BCUT2D eigenvalue weighted by atomic mass is 35.5. The Morgan fingerprint density at radius 3 is 2.60 bits per heavy atom. The van der Waals surface area contributed by atoms with Crippen molar-refractivity contribution in [3.8, 4) is 0 Å². The highest BCUT2D eigenvalue weighted by molar-refractivity contribution is 6.30. The second-order valence-corrected chi connectivity index (χ2v) is 6.25. The molecule has 0 aliphatic heterocycles. The quantitative estimate of drug-likeness (QED) is 0.775. The van der Waals surface area contributed by atoms with Crippen LogP contribution in [0.5, 0.6) is 0 Å². The number of halogens is 1. The monoisotopic (exact) mass is 355 g/mol. The number of nitrogens with zero attached hydrogens (tertiary/aromatic N) is 2. The maximum Gasteiger partial charge on any atom is 0.261 e. The first-order chi connectivity index (χ1) is 12.0. The lowest BCUT2D eigenvalue weighted by atomic mass is 10.2. The Hall–Kier alpha value is -2.66. The molecule has 3 rings (SSSR count). The van der Waals surface area contributed by atoms with Crippen molar-refractivity contribution in [2.75, 3.05) is 5.32 Å². The van der Waals surface area contributed by atoms with Crippen LogP contribution in [0.2, 0.25) is 5.02 Å². The number of aryl methyl sites for hydroxylation is 1. The first-order valence-electron chi connectivity index (χ1n) is 8.03. The number of rotatable bonds is 4. The van der Waals surface area contributed by atoms with Crippen LogP contribution < -0.4 is 10.9 Å². The van der Waals surface area contributed by atoms with Gasteiger partial charge in [-0.1, -0.05) is 30.7 Å². The second kappa shape index (κ2) is 7.07. The van der Waals surface area contributed by atoms with E-state index in [-0.39, 0.29) is 11.5 Å². The molecule has 0 bridgehead atoms. The minimum absolute atomic E-state index is 0.0964. The third-order valence-corrected chi connectivity index (χ3v) is 4.26. The van der Waals surface area contributed by atoms with Crippen LogP contribution in [0.25, 0.3) is 10.9 Å². The molecule has 0 fully saturated rings. The molecule has 25 heavy (non-hydrogen) atoms. The summed E-state index contributed by atoms with van der Waals surface area (Å²) in [6, 6.07) is 12.5. The predicted molar refractivity (Wildman–Crippen MR) is 100 cm³/mol. The average molecular weight is 356 g/mol. The Balaban J connectivity index is 2.04. The van der Waals surface area contributed by atoms with Gasteiger partial charge in [-0.25, -0.2) is 4.98 Å². The Labute approximate surface area is 150 Å². The van der Waals surface area contributed by atoms with Crippen LogP contribution in [-0.2, 0) is 11.3 Å². The Morgan fingerprint density at radius 2 is 1.92 bits per heavy atom. The minimum atomic E-state index is -0.134. The fraction of sp³-hybridized carbons (Fsp3) is 0.211. The lowest BCUT2D eigenvalue weighted by molar-refractivity contribution is -0.115. The summed E-state index contributed by atoms with van der Waals surface area (Å²) in [6.45, 7) is 4.00. The van der Waals surface area contributed by atoms with Crippen LogP contribution in [0.3, 0.4) is 0 Å². The molecule has 2 aromatic carbocycles. The molecule has 0 aliphatic rings. The molecule has 3 aromatic rings. The fourth-order valence-corrected chi connectivity index (χ4v) is 2.74. The molecular formula is C19H18ClN3O2. The van der Waals surface area contributed by atoms with E-state index in [0.717, 1.165) is 5.56 Å². The minimum Gasteiger partial charge on any atom is -0.326 e. The maximum absolute atomic E-state index is 12.9. The van der Waals surface area contributed by atoms with Crippen molar-refractivity contribution in [3.05, 3.63) is 69.2 Å². The van der Waals surface area contributed by atoms with Gasteiger partial charge in [-0.05, 0) is 42.8 Å².